The minimum atomic E-state index is -0.956. The number of aromatic nitrogens is 1. The van der Waals surface area contributed by atoms with E-state index in [0.29, 0.717) is 5.13 Å². The van der Waals surface area contributed by atoms with E-state index in [1.165, 1.54) is 11.3 Å². The van der Waals surface area contributed by atoms with Gasteiger partial charge in [-0.05, 0) is 18.6 Å². The summed E-state index contributed by atoms with van der Waals surface area (Å²) in [4.78, 5) is 15.7. The standard InChI is InChI=1S/C13H12N2O2S/c1-8-12(15-13(14)18-8)10-5-2-9(3-6-10)4-7-11(16)17/h2-7H,1H3,(H2,14,15)(H,16,17). The number of aliphatic carboxylic acids is 1. The van der Waals surface area contributed by atoms with E-state index >= 15 is 0 Å². The third kappa shape index (κ3) is 2.75. The molecule has 0 aliphatic carbocycles. The first-order chi connectivity index (χ1) is 8.56. The molecular formula is C13H12N2O2S. The number of carboxylic acids is 1. The average Bonchev–Trinajstić information content (AvgIpc) is 2.66. The molecule has 3 N–H and O–H groups in total. The summed E-state index contributed by atoms with van der Waals surface area (Å²) in [6.07, 6.45) is 2.66. The largest absolute Gasteiger partial charge is 0.478 e. The summed E-state index contributed by atoms with van der Waals surface area (Å²) in [5.74, 6) is -0.956. The predicted molar refractivity (Wildman–Crippen MR) is 73.4 cm³/mol. The number of nitrogen functional groups attached to an aromatic ring is 1. The van der Waals surface area contributed by atoms with Crippen molar-refractivity contribution in [1.29, 1.82) is 0 Å². The first-order valence-corrected chi connectivity index (χ1v) is 6.12. The third-order valence-electron chi connectivity index (χ3n) is 2.42. The van der Waals surface area contributed by atoms with Gasteiger partial charge in [0.15, 0.2) is 5.13 Å². The molecule has 1 heterocycles. The Balaban J connectivity index is 2.27. The Hall–Kier alpha value is -2.14. The van der Waals surface area contributed by atoms with Crippen LogP contribution in [0.1, 0.15) is 10.4 Å². The van der Waals surface area contributed by atoms with Crippen molar-refractivity contribution in [3.8, 4) is 11.3 Å². The van der Waals surface area contributed by atoms with Crippen LogP contribution < -0.4 is 5.73 Å². The Morgan fingerprint density at radius 3 is 2.56 bits per heavy atom. The van der Waals surface area contributed by atoms with Gasteiger partial charge in [-0.3, -0.25) is 0 Å². The summed E-state index contributed by atoms with van der Waals surface area (Å²) in [5.41, 5.74) is 8.35. The van der Waals surface area contributed by atoms with Gasteiger partial charge in [0.2, 0.25) is 0 Å². The number of nitrogens with two attached hydrogens (primary N) is 1. The molecule has 92 valence electrons. The molecule has 0 aliphatic rings. The number of hydrogen-bond donors (Lipinski definition) is 2. The van der Waals surface area contributed by atoms with E-state index in [1.54, 1.807) is 6.08 Å². The lowest BCUT2D eigenvalue weighted by atomic mass is 10.1. The number of carboxylic acid groups (broad SMARTS) is 1. The van der Waals surface area contributed by atoms with Crippen LogP contribution in [0, 0.1) is 6.92 Å². The van der Waals surface area contributed by atoms with Crippen molar-refractivity contribution >= 4 is 28.5 Å². The number of thiazole rings is 1. The van der Waals surface area contributed by atoms with Crippen LogP contribution in [0.3, 0.4) is 0 Å². The summed E-state index contributed by atoms with van der Waals surface area (Å²) in [5, 5.41) is 9.09. The maximum Gasteiger partial charge on any atom is 0.328 e. The van der Waals surface area contributed by atoms with Crippen LogP contribution in [0.4, 0.5) is 5.13 Å². The van der Waals surface area contributed by atoms with E-state index in [0.717, 1.165) is 27.8 Å². The Morgan fingerprint density at radius 2 is 2.06 bits per heavy atom. The molecule has 0 atom stereocenters. The molecule has 0 radical (unpaired) electrons. The predicted octanol–water partition coefficient (Wildman–Crippen LogP) is 2.80. The van der Waals surface area contributed by atoms with Gasteiger partial charge in [0.25, 0.3) is 0 Å². The van der Waals surface area contributed by atoms with Gasteiger partial charge in [-0.1, -0.05) is 24.3 Å². The highest BCUT2D eigenvalue weighted by atomic mass is 32.1. The van der Waals surface area contributed by atoms with Gasteiger partial charge in [0.05, 0.1) is 5.69 Å². The van der Waals surface area contributed by atoms with Gasteiger partial charge in [0, 0.05) is 16.5 Å². The zero-order valence-electron chi connectivity index (χ0n) is 9.75. The number of nitrogens with zero attached hydrogens (tertiary/aromatic N) is 1. The molecule has 0 amide bonds. The van der Waals surface area contributed by atoms with Crippen molar-refractivity contribution in [2.24, 2.45) is 0 Å². The van der Waals surface area contributed by atoms with E-state index in [9.17, 15) is 4.79 Å². The van der Waals surface area contributed by atoms with Crippen LogP contribution in [0.5, 0.6) is 0 Å². The van der Waals surface area contributed by atoms with E-state index in [4.69, 9.17) is 10.8 Å². The molecular weight excluding hydrogens is 248 g/mol. The fraction of sp³-hybridized carbons (Fsp3) is 0.0769. The fourth-order valence-corrected chi connectivity index (χ4v) is 2.32. The Morgan fingerprint density at radius 1 is 1.39 bits per heavy atom. The molecule has 0 saturated carbocycles. The first-order valence-electron chi connectivity index (χ1n) is 5.30. The third-order valence-corrected chi connectivity index (χ3v) is 3.22. The van der Waals surface area contributed by atoms with Crippen LogP contribution in [-0.2, 0) is 4.79 Å². The van der Waals surface area contributed by atoms with Crippen LogP contribution in [-0.4, -0.2) is 16.1 Å². The lowest BCUT2D eigenvalue weighted by Gasteiger charge is -1.99. The molecule has 18 heavy (non-hydrogen) atoms. The van der Waals surface area contributed by atoms with Crippen molar-refractivity contribution in [2.45, 2.75) is 6.92 Å². The van der Waals surface area contributed by atoms with Crippen LogP contribution >= 0.6 is 11.3 Å². The Bertz CT molecular complexity index is 600. The molecule has 2 rings (SSSR count). The molecule has 1 aromatic carbocycles. The van der Waals surface area contributed by atoms with Crippen LogP contribution in [0.15, 0.2) is 30.3 Å². The first kappa shape index (κ1) is 12.3. The summed E-state index contributed by atoms with van der Waals surface area (Å²) in [6, 6.07) is 7.51. The molecule has 0 bridgehead atoms. The number of aryl methyl sites for hydroxylation is 1. The second kappa shape index (κ2) is 5.01. The van der Waals surface area contributed by atoms with E-state index in [2.05, 4.69) is 4.98 Å². The van der Waals surface area contributed by atoms with Crippen molar-refractivity contribution in [1.82, 2.24) is 4.98 Å². The number of hydrogen-bond acceptors (Lipinski definition) is 4. The zero-order chi connectivity index (χ0) is 13.1. The molecule has 1 aromatic heterocycles. The summed E-state index contributed by atoms with van der Waals surface area (Å²) >= 11 is 1.46. The van der Waals surface area contributed by atoms with Crippen molar-refractivity contribution in [3.05, 3.63) is 40.8 Å². The zero-order valence-corrected chi connectivity index (χ0v) is 10.6. The van der Waals surface area contributed by atoms with Gasteiger partial charge in [-0.15, -0.1) is 11.3 Å². The molecule has 0 spiro atoms. The summed E-state index contributed by atoms with van der Waals surface area (Å²) < 4.78 is 0. The molecule has 0 fully saturated rings. The molecule has 4 nitrogen and oxygen atoms in total. The van der Waals surface area contributed by atoms with Gasteiger partial charge < -0.3 is 10.8 Å². The minimum absolute atomic E-state index is 0.553. The molecule has 0 saturated heterocycles. The van der Waals surface area contributed by atoms with E-state index in [1.807, 2.05) is 31.2 Å². The second-order valence-corrected chi connectivity index (χ2v) is 4.99. The van der Waals surface area contributed by atoms with Gasteiger partial charge in [-0.2, -0.15) is 0 Å². The number of rotatable bonds is 3. The lowest BCUT2D eigenvalue weighted by Crippen LogP contribution is -1.86. The number of carbonyl (C=O) groups is 1. The van der Waals surface area contributed by atoms with Gasteiger partial charge in [-0.25, -0.2) is 9.78 Å². The number of anilines is 1. The summed E-state index contributed by atoms with van der Waals surface area (Å²) in [6.45, 7) is 1.97. The lowest BCUT2D eigenvalue weighted by molar-refractivity contribution is -0.131. The van der Waals surface area contributed by atoms with Crippen molar-refractivity contribution in [3.63, 3.8) is 0 Å². The van der Waals surface area contributed by atoms with E-state index in [-0.39, 0.29) is 0 Å². The molecule has 2 aromatic rings. The Kier molecular flexibility index (Phi) is 3.43. The molecule has 5 heteroatoms. The SMILES string of the molecule is Cc1sc(N)nc1-c1ccc(C=CC(=O)O)cc1. The van der Waals surface area contributed by atoms with Gasteiger partial charge >= 0.3 is 5.97 Å². The second-order valence-electron chi connectivity index (χ2n) is 3.75. The number of benzene rings is 1. The molecule has 0 unspecified atom stereocenters. The van der Waals surface area contributed by atoms with E-state index < -0.39 is 5.97 Å². The quantitative estimate of drug-likeness (QED) is 0.832. The van der Waals surface area contributed by atoms with Crippen LogP contribution in [0.25, 0.3) is 17.3 Å². The maximum atomic E-state index is 10.4. The average molecular weight is 260 g/mol. The van der Waals surface area contributed by atoms with Crippen molar-refractivity contribution < 1.29 is 9.90 Å². The van der Waals surface area contributed by atoms with Crippen molar-refractivity contribution in [2.75, 3.05) is 5.73 Å². The van der Waals surface area contributed by atoms with Gasteiger partial charge in [0.1, 0.15) is 0 Å². The Labute approximate surface area is 108 Å². The highest BCUT2D eigenvalue weighted by Gasteiger charge is 2.07. The highest BCUT2D eigenvalue weighted by molar-refractivity contribution is 7.15. The minimum Gasteiger partial charge on any atom is -0.478 e. The smallest absolute Gasteiger partial charge is 0.328 e. The fourth-order valence-electron chi connectivity index (χ4n) is 1.60. The summed E-state index contributed by atoms with van der Waals surface area (Å²) in [7, 11) is 0. The molecule has 0 aliphatic heterocycles. The normalized spacial score (nSPS) is 10.9. The topological polar surface area (TPSA) is 76.2 Å². The maximum absolute atomic E-state index is 10.4. The monoisotopic (exact) mass is 260 g/mol. The van der Waals surface area contributed by atoms with Crippen LogP contribution in [0.2, 0.25) is 0 Å². The highest BCUT2D eigenvalue weighted by Crippen LogP contribution is 2.28.